The van der Waals surface area contributed by atoms with Crippen LogP contribution < -0.4 is 10.5 Å². The van der Waals surface area contributed by atoms with Crippen molar-refractivity contribution in [2.24, 2.45) is 0 Å². The molecule has 2 saturated heterocycles. The number of aliphatic hydroxyl groups excluding tert-OH is 3. The van der Waals surface area contributed by atoms with Gasteiger partial charge in [-0.2, -0.15) is 0 Å². The molecule has 0 saturated carbocycles. The molecule has 11 nitrogen and oxygen atoms in total. The molecule has 0 unspecified atom stereocenters. The Kier molecular flexibility index (Phi) is 4.40. The van der Waals surface area contributed by atoms with E-state index in [9.17, 15) is 20.1 Å². The van der Waals surface area contributed by atoms with Gasteiger partial charge in [0.25, 0.3) is 5.56 Å². The van der Waals surface area contributed by atoms with E-state index < -0.39 is 36.7 Å². The summed E-state index contributed by atoms with van der Waals surface area (Å²) in [5, 5.41) is 29.9. The lowest BCUT2D eigenvalue weighted by Crippen LogP contribution is -2.46. The van der Waals surface area contributed by atoms with Crippen molar-refractivity contribution in [2.75, 3.05) is 44.7 Å². The monoisotopic (exact) mass is 366 g/mol. The van der Waals surface area contributed by atoms with Gasteiger partial charge in [0.05, 0.1) is 12.9 Å². The third-order valence-corrected chi connectivity index (χ3v) is 5.02. The quantitative estimate of drug-likeness (QED) is 0.463. The first kappa shape index (κ1) is 17.4. The number of anilines is 1. The van der Waals surface area contributed by atoms with Crippen LogP contribution in [0, 0.1) is 0 Å². The van der Waals surface area contributed by atoms with Crippen molar-refractivity contribution in [2.45, 2.75) is 24.5 Å². The second kappa shape index (κ2) is 6.59. The third-order valence-electron chi connectivity index (χ3n) is 5.02. The van der Waals surface area contributed by atoms with Gasteiger partial charge in [0, 0.05) is 26.2 Å². The maximum absolute atomic E-state index is 12.2. The average Bonchev–Trinajstić information content (AvgIpc) is 3.15. The number of ether oxygens (including phenoxy) is 1. The van der Waals surface area contributed by atoms with Crippen molar-refractivity contribution in [1.82, 2.24) is 24.4 Å². The van der Waals surface area contributed by atoms with E-state index >= 15 is 0 Å². The van der Waals surface area contributed by atoms with E-state index in [1.807, 2.05) is 11.9 Å². The smallest absolute Gasteiger partial charge is 0.278 e. The Bertz CT molecular complexity index is 845. The van der Waals surface area contributed by atoms with Crippen LogP contribution in [0.4, 0.5) is 5.95 Å². The topological polar surface area (TPSA) is 140 Å². The van der Waals surface area contributed by atoms with Crippen molar-refractivity contribution in [3.63, 3.8) is 0 Å². The van der Waals surface area contributed by atoms with Gasteiger partial charge in [-0.1, -0.05) is 0 Å². The highest BCUT2D eigenvalue weighted by atomic mass is 16.6. The summed E-state index contributed by atoms with van der Waals surface area (Å²) in [5.41, 5.74) is 0.00700. The van der Waals surface area contributed by atoms with E-state index in [0.29, 0.717) is 19.0 Å². The van der Waals surface area contributed by atoms with Crippen LogP contribution in [0.25, 0.3) is 11.2 Å². The summed E-state index contributed by atoms with van der Waals surface area (Å²) < 4.78 is 7.20. The van der Waals surface area contributed by atoms with Gasteiger partial charge in [-0.3, -0.25) is 9.36 Å². The van der Waals surface area contributed by atoms with Crippen LogP contribution in [0.15, 0.2) is 11.1 Å². The highest BCUT2D eigenvalue weighted by Gasteiger charge is 2.45. The number of nitrogens with one attached hydrogen (secondary N) is 1. The molecule has 2 aliphatic heterocycles. The molecule has 0 aliphatic carbocycles. The number of piperazine rings is 1. The second-order valence-corrected chi connectivity index (χ2v) is 6.70. The largest absolute Gasteiger partial charge is 0.394 e. The first-order chi connectivity index (χ1) is 12.5. The van der Waals surface area contributed by atoms with Gasteiger partial charge in [-0.15, -0.1) is 0 Å². The predicted octanol–water partition coefficient (Wildman–Crippen LogP) is -2.52. The van der Waals surface area contributed by atoms with Crippen LogP contribution in [-0.4, -0.2) is 97.9 Å². The van der Waals surface area contributed by atoms with Crippen LogP contribution >= 0.6 is 0 Å². The summed E-state index contributed by atoms with van der Waals surface area (Å²) in [6.07, 6.45) is -3.19. The molecule has 0 spiro atoms. The predicted molar refractivity (Wildman–Crippen MR) is 90.9 cm³/mol. The van der Waals surface area contributed by atoms with Gasteiger partial charge in [-0.05, 0) is 7.05 Å². The van der Waals surface area contributed by atoms with Gasteiger partial charge >= 0.3 is 0 Å². The molecule has 2 aromatic heterocycles. The second-order valence-electron chi connectivity index (χ2n) is 6.70. The third kappa shape index (κ3) is 2.68. The Hall–Kier alpha value is -2.05. The van der Waals surface area contributed by atoms with E-state index in [1.165, 1.54) is 6.33 Å². The van der Waals surface area contributed by atoms with Crippen molar-refractivity contribution < 1.29 is 20.1 Å². The van der Waals surface area contributed by atoms with E-state index in [-0.39, 0.29) is 11.2 Å². The number of hydrogen-bond acceptors (Lipinski definition) is 9. The van der Waals surface area contributed by atoms with Gasteiger partial charge in [0.15, 0.2) is 17.4 Å². The lowest BCUT2D eigenvalue weighted by Gasteiger charge is -2.34. The lowest BCUT2D eigenvalue weighted by molar-refractivity contribution is -0.0505. The molecular weight excluding hydrogens is 344 g/mol. The number of fused-ring (bicyclic) bond motifs is 1. The minimum atomic E-state index is -1.28. The first-order valence-electron chi connectivity index (χ1n) is 8.53. The number of aliphatic hydroxyl groups is 3. The fourth-order valence-electron chi connectivity index (χ4n) is 3.47. The number of H-pyrrole nitrogens is 1. The molecule has 0 aromatic carbocycles. The Morgan fingerprint density at radius 2 is 2.00 bits per heavy atom. The summed E-state index contributed by atoms with van der Waals surface area (Å²) in [4.78, 5) is 27.5. The molecule has 142 valence electrons. The molecule has 4 heterocycles. The molecule has 2 fully saturated rings. The zero-order valence-corrected chi connectivity index (χ0v) is 14.3. The maximum atomic E-state index is 12.2. The zero-order valence-electron chi connectivity index (χ0n) is 14.3. The first-order valence-corrected chi connectivity index (χ1v) is 8.53. The molecule has 4 rings (SSSR count). The summed E-state index contributed by atoms with van der Waals surface area (Å²) in [6, 6.07) is 0. The molecule has 0 bridgehead atoms. The minimum absolute atomic E-state index is 0.138. The molecule has 11 heteroatoms. The Labute approximate surface area is 148 Å². The maximum Gasteiger partial charge on any atom is 0.278 e. The lowest BCUT2D eigenvalue weighted by atomic mass is 10.1. The molecule has 4 N–H and O–H groups in total. The Morgan fingerprint density at radius 1 is 1.27 bits per heavy atom. The van der Waals surface area contributed by atoms with E-state index in [2.05, 4.69) is 19.9 Å². The zero-order chi connectivity index (χ0) is 18.4. The molecule has 4 atom stereocenters. The standard InChI is InChI=1S/C15H22N6O5/c1-19-2-4-20(5-3-19)15-18-9-12(16-7-17-13(9)25)21(15)14-11(24)10(23)8(6-22)26-14/h7-8,10-11,14,22-24H,2-6H2,1H3,(H,16,17,25)/t8-,10+,11-,14-/m1/s1. The average molecular weight is 366 g/mol. The Morgan fingerprint density at radius 3 is 2.65 bits per heavy atom. The fraction of sp³-hybridized carbons (Fsp3) is 0.667. The molecule has 26 heavy (non-hydrogen) atoms. The number of hydrogen-bond donors (Lipinski definition) is 4. The molecule has 2 aliphatic rings. The van der Waals surface area contributed by atoms with Crippen LogP contribution in [0.2, 0.25) is 0 Å². The number of aromatic amines is 1. The highest BCUT2D eigenvalue weighted by Crippen LogP contribution is 2.35. The van der Waals surface area contributed by atoms with E-state index in [1.54, 1.807) is 4.57 Å². The number of imidazole rings is 1. The SMILES string of the molecule is CN1CCN(c2nc3c(=O)[nH]cnc3n2[C@@H]2O[C@H](CO)[C@H](O)[C@H]2O)CC1. The summed E-state index contributed by atoms with van der Waals surface area (Å²) in [7, 11) is 2.03. The summed E-state index contributed by atoms with van der Waals surface area (Å²) in [5.74, 6) is 0.451. The molecule has 0 amide bonds. The van der Waals surface area contributed by atoms with E-state index in [0.717, 1.165) is 13.1 Å². The van der Waals surface area contributed by atoms with Crippen LogP contribution in [0.5, 0.6) is 0 Å². The number of likely N-dealkylation sites (N-methyl/N-ethyl adjacent to an activating group) is 1. The minimum Gasteiger partial charge on any atom is -0.394 e. The van der Waals surface area contributed by atoms with Gasteiger partial charge in [0.2, 0.25) is 5.95 Å². The summed E-state index contributed by atoms with van der Waals surface area (Å²) in [6.45, 7) is 2.59. The molecule has 2 aromatic rings. The van der Waals surface area contributed by atoms with Crippen molar-refractivity contribution >= 4 is 17.1 Å². The molecule has 0 radical (unpaired) electrons. The normalized spacial score (nSPS) is 30.4. The number of aromatic nitrogens is 4. The highest BCUT2D eigenvalue weighted by molar-refractivity contribution is 5.74. The van der Waals surface area contributed by atoms with Crippen LogP contribution in [-0.2, 0) is 4.74 Å². The molecular formula is C15H22N6O5. The van der Waals surface area contributed by atoms with E-state index in [4.69, 9.17) is 4.74 Å². The van der Waals surface area contributed by atoms with Gasteiger partial charge in [-0.25, -0.2) is 9.97 Å². The number of nitrogens with zero attached hydrogens (tertiary/aromatic N) is 5. The van der Waals surface area contributed by atoms with Crippen molar-refractivity contribution in [3.05, 3.63) is 16.7 Å². The van der Waals surface area contributed by atoms with Gasteiger partial charge < -0.3 is 34.8 Å². The fourth-order valence-corrected chi connectivity index (χ4v) is 3.47. The van der Waals surface area contributed by atoms with Gasteiger partial charge in [0.1, 0.15) is 18.3 Å². The Balaban J connectivity index is 1.83. The summed E-state index contributed by atoms with van der Waals surface area (Å²) >= 11 is 0. The number of rotatable bonds is 3. The van der Waals surface area contributed by atoms with Crippen molar-refractivity contribution in [3.8, 4) is 0 Å². The van der Waals surface area contributed by atoms with Crippen molar-refractivity contribution in [1.29, 1.82) is 0 Å². The van der Waals surface area contributed by atoms with Crippen LogP contribution in [0.3, 0.4) is 0 Å². The van der Waals surface area contributed by atoms with Crippen LogP contribution in [0.1, 0.15) is 6.23 Å².